The molecule has 0 aromatic rings. The molecule has 0 aromatic heterocycles. The molecule has 0 aliphatic rings. The van der Waals surface area contributed by atoms with Gasteiger partial charge in [-0.05, 0) is 32.9 Å². The van der Waals surface area contributed by atoms with Crippen molar-refractivity contribution in [1.29, 1.82) is 0 Å². The fourth-order valence-electron chi connectivity index (χ4n) is 1.93. The van der Waals surface area contributed by atoms with Crippen molar-refractivity contribution < 1.29 is 8.85 Å². The Morgan fingerprint density at radius 2 is 1.24 bits per heavy atom. The van der Waals surface area contributed by atoms with Gasteiger partial charge in [-0.15, -0.1) is 0 Å². The van der Waals surface area contributed by atoms with Crippen molar-refractivity contribution in [3.05, 3.63) is 0 Å². The molecule has 0 aromatic carbocycles. The van der Waals surface area contributed by atoms with Crippen LogP contribution in [0.1, 0.15) is 58.8 Å². The highest BCUT2D eigenvalue weighted by molar-refractivity contribution is 6.44. The number of rotatable bonds is 13. The first-order chi connectivity index (χ1) is 8.35. The molecule has 0 saturated heterocycles. The minimum atomic E-state index is -1.32. The van der Waals surface area contributed by atoms with Crippen LogP contribution in [0.25, 0.3) is 0 Å². The smallest absolute Gasteiger partial charge is 0.321 e. The lowest BCUT2D eigenvalue weighted by molar-refractivity contribution is 0.212. The third kappa shape index (κ3) is 12.3. The predicted octanol–water partition coefficient (Wildman–Crippen LogP) is 2.97. The third-order valence-corrected chi connectivity index (χ3v) is 5.14. The van der Waals surface area contributed by atoms with Gasteiger partial charge in [-0.3, -0.25) is 0 Å². The maximum absolute atomic E-state index is 5.64. The average molecular weight is 261 g/mol. The topological polar surface area (TPSA) is 44.5 Å². The van der Waals surface area contributed by atoms with Crippen molar-refractivity contribution in [3.8, 4) is 0 Å². The second kappa shape index (κ2) is 14.2. The Morgan fingerprint density at radius 1 is 0.765 bits per heavy atom. The van der Waals surface area contributed by atoms with Crippen LogP contribution in [0.4, 0.5) is 0 Å². The third-order valence-electron chi connectivity index (χ3n) is 2.85. The molecule has 0 saturated carbocycles. The van der Waals surface area contributed by atoms with Crippen LogP contribution in [-0.2, 0) is 8.85 Å². The first-order valence-electron chi connectivity index (χ1n) is 7.28. The van der Waals surface area contributed by atoms with E-state index in [0.29, 0.717) is 0 Å². The van der Waals surface area contributed by atoms with Gasteiger partial charge < -0.3 is 14.6 Å². The molecule has 0 unspecified atom stereocenters. The molecular weight excluding hydrogens is 230 g/mol. The van der Waals surface area contributed by atoms with Crippen LogP contribution < -0.4 is 5.73 Å². The SMILES string of the molecule is CCO[SiH](CCCCCCCCCN)OCC. The van der Waals surface area contributed by atoms with Crippen LogP contribution >= 0.6 is 0 Å². The molecule has 104 valence electrons. The largest absolute Gasteiger partial charge is 0.397 e. The Hall–Kier alpha value is 0.0969. The van der Waals surface area contributed by atoms with Gasteiger partial charge in [-0.2, -0.15) is 0 Å². The zero-order valence-electron chi connectivity index (χ0n) is 11.7. The van der Waals surface area contributed by atoms with Crippen molar-refractivity contribution >= 4 is 9.28 Å². The first-order valence-corrected chi connectivity index (χ1v) is 9.04. The zero-order valence-corrected chi connectivity index (χ0v) is 12.9. The highest BCUT2D eigenvalue weighted by Gasteiger charge is 2.10. The normalized spacial score (nSPS) is 11.3. The second-order valence-corrected chi connectivity index (χ2v) is 6.50. The zero-order chi connectivity index (χ0) is 12.8. The Kier molecular flexibility index (Phi) is 14.2. The first kappa shape index (κ1) is 17.1. The number of hydrogen-bond acceptors (Lipinski definition) is 3. The van der Waals surface area contributed by atoms with E-state index < -0.39 is 9.28 Å². The standard InChI is InChI=1S/C13H31NO2Si/c1-3-15-17(16-4-2)13-11-9-7-5-6-8-10-12-14/h17H,3-14H2,1-2H3. The molecular formula is C13H31NO2Si. The summed E-state index contributed by atoms with van der Waals surface area (Å²) in [6.45, 7) is 6.55. The van der Waals surface area contributed by atoms with Gasteiger partial charge >= 0.3 is 9.28 Å². The molecule has 17 heavy (non-hydrogen) atoms. The summed E-state index contributed by atoms with van der Waals surface area (Å²) in [7, 11) is -1.32. The molecule has 0 bridgehead atoms. The molecule has 0 aliphatic carbocycles. The number of unbranched alkanes of at least 4 members (excludes halogenated alkanes) is 6. The highest BCUT2D eigenvalue weighted by Crippen LogP contribution is 2.11. The van der Waals surface area contributed by atoms with E-state index in [2.05, 4.69) is 13.8 Å². The average Bonchev–Trinajstić information content (AvgIpc) is 2.33. The van der Waals surface area contributed by atoms with Crippen molar-refractivity contribution in [3.63, 3.8) is 0 Å². The summed E-state index contributed by atoms with van der Waals surface area (Å²) in [4.78, 5) is 0. The lowest BCUT2D eigenvalue weighted by Gasteiger charge is -2.14. The van der Waals surface area contributed by atoms with Gasteiger partial charge in [0.25, 0.3) is 0 Å². The van der Waals surface area contributed by atoms with Crippen molar-refractivity contribution in [2.75, 3.05) is 19.8 Å². The quantitative estimate of drug-likeness (QED) is 0.409. The molecule has 0 heterocycles. The van der Waals surface area contributed by atoms with E-state index in [-0.39, 0.29) is 0 Å². The van der Waals surface area contributed by atoms with E-state index in [9.17, 15) is 0 Å². The van der Waals surface area contributed by atoms with Crippen LogP contribution in [0, 0.1) is 0 Å². The minimum absolute atomic E-state index is 0.802. The summed E-state index contributed by atoms with van der Waals surface area (Å²) in [5.74, 6) is 0. The van der Waals surface area contributed by atoms with Gasteiger partial charge in [0, 0.05) is 13.2 Å². The molecule has 0 aliphatic heterocycles. The van der Waals surface area contributed by atoms with E-state index in [1.165, 1.54) is 51.0 Å². The summed E-state index contributed by atoms with van der Waals surface area (Å²) >= 11 is 0. The van der Waals surface area contributed by atoms with E-state index in [4.69, 9.17) is 14.6 Å². The lowest BCUT2D eigenvalue weighted by atomic mass is 10.1. The summed E-state index contributed by atoms with van der Waals surface area (Å²) in [5.41, 5.74) is 5.46. The molecule has 2 N–H and O–H groups in total. The van der Waals surface area contributed by atoms with Crippen molar-refractivity contribution in [2.24, 2.45) is 5.73 Å². The number of nitrogens with two attached hydrogens (primary N) is 1. The van der Waals surface area contributed by atoms with E-state index in [0.717, 1.165) is 19.8 Å². The van der Waals surface area contributed by atoms with Crippen LogP contribution in [0.15, 0.2) is 0 Å². The molecule has 0 amide bonds. The fourth-order valence-corrected chi connectivity index (χ4v) is 3.72. The summed E-state index contributed by atoms with van der Waals surface area (Å²) in [6.07, 6.45) is 9.13. The van der Waals surface area contributed by atoms with Crippen LogP contribution in [-0.4, -0.2) is 29.0 Å². The molecule has 3 nitrogen and oxygen atoms in total. The fraction of sp³-hybridized carbons (Fsp3) is 1.00. The molecule has 0 fully saturated rings. The molecule has 0 radical (unpaired) electrons. The Bertz CT molecular complexity index is 141. The van der Waals surface area contributed by atoms with Gasteiger partial charge in [-0.1, -0.05) is 38.5 Å². The van der Waals surface area contributed by atoms with Crippen LogP contribution in [0.2, 0.25) is 6.04 Å². The number of hydrogen-bond donors (Lipinski definition) is 1. The summed E-state index contributed by atoms with van der Waals surface area (Å²) < 4.78 is 11.3. The van der Waals surface area contributed by atoms with E-state index in [1.54, 1.807) is 0 Å². The van der Waals surface area contributed by atoms with Crippen molar-refractivity contribution in [1.82, 2.24) is 0 Å². The van der Waals surface area contributed by atoms with Crippen LogP contribution in [0.3, 0.4) is 0 Å². The molecule has 4 heteroatoms. The van der Waals surface area contributed by atoms with Gasteiger partial charge in [-0.25, -0.2) is 0 Å². The summed E-state index contributed by atoms with van der Waals surface area (Å²) in [5, 5.41) is 0. The highest BCUT2D eigenvalue weighted by atomic mass is 28.3. The lowest BCUT2D eigenvalue weighted by Crippen LogP contribution is -2.22. The maximum atomic E-state index is 5.64. The molecule has 0 atom stereocenters. The van der Waals surface area contributed by atoms with Crippen LogP contribution in [0.5, 0.6) is 0 Å². The van der Waals surface area contributed by atoms with Gasteiger partial charge in [0.1, 0.15) is 0 Å². The Balaban J connectivity index is 3.23. The van der Waals surface area contributed by atoms with E-state index in [1.807, 2.05) is 0 Å². The van der Waals surface area contributed by atoms with Crippen molar-refractivity contribution in [2.45, 2.75) is 64.8 Å². The summed E-state index contributed by atoms with van der Waals surface area (Å²) in [6, 6.07) is 1.17. The van der Waals surface area contributed by atoms with Gasteiger partial charge in [0.05, 0.1) is 0 Å². The van der Waals surface area contributed by atoms with Gasteiger partial charge in [0.15, 0.2) is 0 Å². The Morgan fingerprint density at radius 3 is 1.71 bits per heavy atom. The van der Waals surface area contributed by atoms with E-state index >= 15 is 0 Å². The second-order valence-electron chi connectivity index (χ2n) is 4.39. The maximum Gasteiger partial charge on any atom is 0.321 e. The molecule has 0 rings (SSSR count). The Labute approximate surface area is 109 Å². The molecule has 0 spiro atoms. The van der Waals surface area contributed by atoms with Gasteiger partial charge in [0.2, 0.25) is 0 Å². The monoisotopic (exact) mass is 261 g/mol. The minimum Gasteiger partial charge on any atom is -0.397 e. The predicted molar refractivity (Wildman–Crippen MR) is 76.6 cm³/mol.